The maximum Gasteiger partial charge on any atom is 0.416 e. The number of halogens is 3. The zero-order chi connectivity index (χ0) is 16.4. The van der Waals surface area contributed by atoms with E-state index in [2.05, 4.69) is 15.6 Å². The van der Waals surface area contributed by atoms with Gasteiger partial charge in [0.25, 0.3) is 0 Å². The summed E-state index contributed by atoms with van der Waals surface area (Å²) in [6.45, 7) is 4.35. The van der Waals surface area contributed by atoms with Gasteiger partial charge in [-0.05, 0) is 31.0 Å². The summed E-state index contributed by atoms with van der Waals surface area (Å²) in [5.74, 6) is 0.638. The topological polar surface area (TPSA) is 45.7 Å². The van der Waals surface area contributed by atoms with E-state index in [4.69, 9.17) is 4.74 Å². The van der Waals surface area contributed by atoms with Gasteiger partial charge >= 0.3 is 6.18 Å². The molecule has 1 rings (SSSR count). The van der Waals surface area contributed by atoms with Crippen molar-refractivity contribution in [2.24, 2.45) is 4.99 Å². The van der Waals surface area contributed by atoms with Crippen LogP contribution in [0.5, 0.6) is 0 Å². The number of guanidine groups is 1. The molecule has 1 aromatic rings. The van der Waals surface area contributed by atoms with Gasteiger partial charge in [0.15, 0.2) is 5.96 Å². The molecule has 0 saturated carbocycles. The lowest BCUT2D eigenvalue weighted by Gasteiger charge is -2.11. The molecule has 0 spiro atoms. The second kappa shape index (κ2) is 9.30. The third kappa shape index (κ3) is 6.80. The van der Waals surface area contributed by atoms with Crippen LogP contribution in [0.2, 0.25) is 0 Å². The van der Waals surface area contributed by atoms with Gasteiger partial charge in [0.05, 0.1) is 12.1 Å². The van der Waals surface area contributed by atoms with E-state index in [0.717, 1.165) is 24.1 Å². The number of hydrogen-bond acceptors (Lipinski definition) is 2. The first-order chi connectivity index (χ1) is 10.5. The maximum absolute atomic E-state index is 12.5. The van der Waals surface area contributed by atoms with E-state index in [1.54, 1.807) is 7.11 Å². The molecule has 0 aromatic heterocycles. The summed E-state index contributed by atoms with van der Waals surface area (Å²) in [4.78, 5) is 4.35. The van der Waals surface area contributed by atoms with Crippen LogP contribution >= 0.6 is 0 Å². The molecule has 0 aliphatic rings. The Kier molecular flexibility index (Phi) is 7.73. The minimum absolute atomic E-state index is 0.317. The fourth-order valence-corrected chi connectivity index (χ4v) is 1.73. The van der Waals surface area contributed by atoms with Gasteiger partial charge in [0, 0.05) is 26.8 Å². The molecule has 0 heterocycles. The lowest BCUT2D eigenvalue weighted by Crippen LogP contribution is -2.38. The average molecular weight is 317 g/mol. The summed E-state index contributed by atoms with van der Waals surface area (Å²) >= 11 is 0. The van der Waals surface area contributed by atoms with Crippen molar-refractivity contribution in [3.05, 3.63) is 35.4 Å². The number of rotatable bonds is 7. The van der Waals surface area contributed by atoms with E-state index >= 15 is 0 Å². The molecule has 0 amide bonds. The highest BCUT2D eigenvalue weighted by molar-refractivity contribution is 5.79. The van der Waals surface area contributed by atoms with Crippen molar-refractivity contribution in [1.29, 1.82) is 0 Å². The number of nitrogens with one attached hydrogen (secondary N) is 2. The Morgan fingerprint density at radius 3 is 2.41 bits per heavy atom. The van der Waals surface area contributed by atoms with Crippen LogP contribution in [-0.4, -0.2) is 32.8 Å². The molecule has 4 nitrogen and oxygen atoms in total. The van der Waals surface area contributed by atoms with Crippen LogP contribution in [0.3, 0.4) is 0 Å². The average Bonchev–Trinajstić information content (AvgIpc) is 2.48. The molecule has 2 N–H and O–H groups in total. The van der Waals surface area contributed by atoms with Gasteiger partial charge in [-0.3, -0.25) is 0 Å². The van der Waals surface area contributed by atoms with Crippen LogP contribution < -0.4 is 10.6 Å². The van der Waals surface area contributed by atoms with Crippen LogP contribution in [0.1, 0.15) is 24.5 Å². The zero-order valence-electron chi connectivity index (χ0n) is 12.8. The first-order valence-electron chi connectivity index (χ1n) is 7.14. The number of hydrogen-bond donors (Lipinski definition) is 2. The molecule has 0 fully saturated rings. The second-order valence-electron chi connectivity index (χ2n) is 4.66. The van der Waals surface area contributed by atoms with Gasteiger partial charge in [-0.15, -0.1) is 0 Å². The largest absolute Gasteiger partial charge is 0.416 e. The van der Waals surface area contributed by atoms with Crippen molar-refractivity contribution in [3.63, 3.8) is 0 Å². The molecular weight excluding hydrogens is 295 g/mol. The molecule has 124 valence electrons. The van der Waals surface area contributed by atoms with Gasteiger partial charge < -0.3 is 15.4 Å². The normalized spacial score (nSPS) is 12.3. The molecule has 7 heteroatoms. The number of benzene rings is 1. The molecule has 0 unspecified atom stereocenters. The SMILES string of the molecule is CCNC(=NCc1ccc(C(F)(F)F)cc1)NCCCOC. The Morgan fingerprint density at radius 2 is 1.86 bits per heavy atom. The minimum Gasteiger partial charge on any atom is -0.385 e. The molecule has 0 radical (unpaired) electrons. The summed E-state index contributed by atoms with van der Waals surface area (Å²) in [6.07, 6.45) is -3.46. The van der Waals surface area contributed by atoms with E-state index in [1.807, 2.05) is 6.92 Å². The van der Waals surface area contributed by atoms with Gasteiger partial charge in [-0.25, -0.2) is 4.99 Å². The fourth-order valence-electron chi connectivity index (χ4n) is 1.73. The fraction of sp³-hybridized carbons (Fsp3) is 0.533. The standard InChI is InChI=1S/C15H22F3N3O/c1-3-19-14(20-9-4-10-22-2)21-11-12-5-7-13(8-6-12)15(16,17)18/h5-8H,3-4,9-11H2,1-2H3,(H2,19,20,21). The predicted molar refractivity (Wildman–Crippen MR) is 80.8 cm³/mol. The van der Waals surface area contributed by atoms with Crippen LogP contribution in [0.15, 0.2) is 29.3 Å². The predicted octanol–water partition coefficient (Wildman–Crippen LogP) is 2.80. The zero-order valence-corrected chi connectivity index (χ0v) is 12.8. The van der Waals surface area contributed by atoms with E-state index in [9.17, 15) is 13.2 Å². The van der Waals surface area contributed by atoms with Gasteiger partial charge in [0.1, 0.15) is 0 Å². The Labute approximate surface area is 128 Å². The molecular formula is C15H22F3N3O. The smallest absolute Gasteiger partial charge is 0.385 e. The third-order valence-corrected chi connectivity index (χ3v) is 2.86. The second-order valence-corrected chi connectivity index (χ2v) is 4.66. The van der Waals surface area contributed by atoms with Crippen molar-refractivity contribution < 1.29 is 17.9 Å². The van der Waals surface area contributed by atoms with Crippen molar-refractivity contribution >= 4 is 5.96 Å². The summed E-state index contributed by atoms with van der Waals surface area (Å²) in [5, 5.41) is 6.22. The Morgan fingerprint density at radius 1 is 1.18 bits per heavy atom. The quantitative estimate of drug-likeness (QED) is 0.462. The minimum atomic E-state index is -4.31. The Bertz CT molecular complexity index is 458. The highest BCUT2D eigenvalue weighted by Gasteiger charge is 2.29. The number of nitrogens with zero attached hydrogens (tertiary/aromatic N) is 1. The van der Waals surface area contributed by atoms with Crippen molar-refractivity contribution in [3.8, 4) is 0 Å². The monoisotopic (exact) mass is 317 g/mol. The molecule has 0 atom stereocenters. The molecule has 0 saturated heterocycles. The van der Waals surface area contributed by atoms with E-state index in [1.165, 1.54) is 12.1 Å². The summed E-state index contributed by atoms with van der Waals surface area (Å²) in [7, 11) is 1.64. The number of methoxy groups -OCH3 is 1. The van der Waals surface area contributed by atoms with Crippen molar-refractivity contribution in [2.75, 3.05) is 26.8 Å². The van der Waals surface area contributed by atoms with Gasteiger partial charge in [0.2, 0.25) is 0 Å². The summed E-state index contributed by atoms with van der Waals surface area (Å²) < 4.78 is 42.4. The van der Waals surface area contributed by atoms with E-state index in [-0.39, 0.29) is 0 Å². The first kappa shape index (κ1) is 18.3. The lowest BCUT2D eigenvalue weighted by atomic mass is 10.1. The first-order valence-corrected chi connectivity index (χ1v) is 7.14. The third-order valence-electron chi connectivity index (χ3n) is 2.86. The van der Waals surface area contributed by atoms with Crippen molar-refractivity contribution in [1.82, 2.24) is 10.6 Å². The van der Waals surface area contributed by atoms with Crippen molar-refractivity contribution in [2.45, 2.75) is 26.1 Å². The highest BCUT2D eigenvalue weighted by atomic mass is 19.4. The van der Waals surface area contributed by atoms with Gasteiger partial charge in [-0.1, -0.05) is 12.1 Å². The number of aliphatic imine (C=N–C) groups is 1. The Hall–Kier alpha value is -1.76. The highest BCUT2D eigenvalue weighted by Crippen LogP contribution is 2.29. The Balaban J connectivity index is 2.57. The number of ether oxygens (including phenoxy) is 1. The molecule has 0 bridgehead atoms. The molecule has 1 aromatic carbocycles. The van der Waals surface area contributed by atoms with Crippen LogP contribution in [0.25, 0.3) is 0 Å². The molecule has 0 aliphatic heterocycles. The summed E-state index contributed by atoms with van der Waals surface area (Å²) in [5.41, 5.74) is 0.0759. The van der Waals surface area contributed by atoms with Crippen LogP contribution in [-0.2, 0) is 17.5 Å². The van der Waals surface area contributed by atoms with Crippen LogP contribution in [0.4, 0.5) is 13.2 Å². The molecule has 22 heavy (non-hydrogen) atoms. The lowest BCUT2D eigenvalue weighted by molar-refractivity contribution is -0.137. The number of alkyl halides is 3. The summed E-state index contributed by atoms with van der Waals surface area (Å²) in [6, 6.07) is 5.04. The molecule has 0 aliphatic carbocycles. The van der Waals surface area contributed by atoms with E-state index in [0.29, 0.717) is 32.2 Å². The van der Waals surface area contributed by atoms with Gasteiger partial charge in [-0.2, -0.15) is 13.2 Å². The maximum atomic E-state index is 12.5. The van der Waals surface area contributed by atoms with Crippen LogP contribution in [0, 0.1) is 0 Å². The van der Waals surface area contributed by atoms with E-state index < -0.39 is 11.7 Å².